The van der Waals surface area contributed by atoms with E-state index in [2.05, 4.69) is 0 Å². The van der Waals surface area contributed by atoms with Crippen LogP contribution in [0.25, 0.3) is 0 Å². The van der Waals surface area contributed by atoms with Gasteiger partial charge in [0.2, 0.25) is 0 Å². The molecule has 0 bridgehead atoms. The molecule has 0 heterocycles. The van der Waals surface area contributed by atoms with Crippen LogP contribution in [0.3, 0.4) is 0 Å². The Kier molecular flexibility index (Phi) is 3.54. The predicted octanol–water partition coefficient (Wildman–Crippen LogP) is 2.02. The fourth-order valence-electron chi connectivity index (χ4n) is 1.26. The number of aliphatic hydroxyl groups excluding tert-OH is 1. The zero-order valence-corrected chi connectivity index (χ0v) is 8.03. The summed E-state index contributed by atoms with van der Waals surface area (Å²) in [5.41, 5.74) is -0.248. The van der Waals surface area contributed by atoms with Crippen LogP contribution in [-0.4, -0.2) is 29.0 Å². The molecule has 0 saturated heterocycles. The number of carbonyl (C=O) groups is 1. The van der Waals surface area contributed by atoms with Gasteiger partial charge in [0.25, 0.3) is 0 Å². The van der Waals surface area contributed by atoms with Crippen molar-refractivity contribution in [2.75, 3.05) is 6.61 Å². The minimum Gasteiger partial charge on any atom is -0.478 e. The molecule has 2 N–H and O–H groups in total. The molecule has 0 aromatic heterocycles. The van der Waals surface area contributed by atoms with Crippen molar-refractivity contribution in [2.24, 2.45) is 0 Å². The number of hydrogen-bond acceptors (Lipinski definition) is 2. The van der Waals surface area contributed by atoms with E-state index >= 15 is 0 Å². The lowest BCUT2D eigenvalue weighted by atomic mass is 9.98. The van der Waals surface area contributed by atoms with Crippen LogP contribution in [0.1, 0.15) is 21.8 Å². The average molecular weight is 234 g/mol. The first-order chi connectivity index (χ1) is 7.36. The van der Waals surface area contributed by atoms with E-state index in [1.54, 1.807) is 0 Å². The summed E-state index contributed by atoms with van der Waals surface area (Å²) < 4.78 is 37.2. The Bertz CT molecular complexity index is 370. The summed E-state index contributed by atoms with van der Waals surface area (Å²) in [6.07, 6.45) is -4.54. The number of benzene rings is 1. The second-order valence-corrected chi connectivity index (χ2v) is 3.20. The normalized spacial score (nSPS) is 13.5. The summed E-state index contributed by atoms with van der Waals surface area (Å²) in [4.78, 5) is 10.5. The van der Waals surface area contributed by atoms with Gasteiger partial charge < -0.3 is 10.2 Å². The number of aliphatic hydroxyl groups is 1. The SMILES string of the molecule is O=C(O)c1ccc(C(CO)C(F)(F)F)cc1. The molecule has 0 amide bonds. The van der Waals surface area contributed by atoms with Crippen molar-refractivity contribution in [3.8, 4) is 0 Å². The molecule has 0 aliphatic carbocycles. The monoisotopic (exact) mass is 234 g/mol. The van der Waals surface area contributed by atoms with Gasteiger partial charge in [0, 0.05) is 0 Å². The van der Waals surface area contributed by atoms with Crippen molar-refractivity contribution in [3.63, 3.8) is 0 Å². The van der Waals surface area contributed by atoms with Gasteiger partial charge in [-0.1, -0.05) is 12.1 Å². The van der Waals surface area contributed by atoms with E-state index in [0.717, 1.165) is 24.3 Å². The third-order valence-electron chi connectivity index (χ3n) is 2.14. The molecule has 1 unspecified atom stereocenters. The Morgan fingerprint density at radius 1 is 1.25 bits per heavy atom. The quantitative estimate of drug-likeness (QED) is 0.841. The van der Waals surface area contributed by atoms with Gasteiger partial charge in [-0.15, -0.1) is 0 Å². The van der Waals surface area contributed by atoms with Crippen molar-refractivity contribution < 1.29 is 28.2 Å². The highest BCUT2D eigenvalue weighted by atomic mass is 19.4. The zero-order valence-electron chi connectivity index (χ0n) is 8.03. The van der Waals surface area contributed by atoms with Crippen LogP contribution >= 0.6 is 0 Å². The standard InChI is InChI=1S/C10H9F3O3/c11-10(12,13)8(5-14)6-1-3-7(4-2-6)9(15)16/h1-4,8,14H,5H2,(H,15,16). The summed E-state index contributed by atoms with van der Waals surface area (Å²) in [5, 5.41) is 17.2. The highest BCUT2D eigenvalue weighted by Crippen LogP contribution is 2.34. The van der Waals surface area contributed by atoms with Gasteiger partial charge in [-0.05, 0) is 17.7 Å². The van der Waals surface area contributed by atoms with Crippen molar-refractivity contribution in [3.05, 3.63) is 35.4 Å². The molecule has 16 heavy (non-hydrogen) atoms. The average Bonchev–Trinajstić information content (AvgIpc) is 2.17. The van der Waals surface area contributed by atoms with Gasteiger partial charge in [-0.25, -0.2) is 4.79 Å². The third kappa shape index (κ3) is 2.73. The van der Waals surface area contributed by atoms with Crippen LogP contribution in [0.2, 0.25) is 0 Å². The van der Waals surface area contributed by atoms with Crippen LogP contribution in [0.4, 0.5) is 13.2 Å². The zero-order chi connectivity index (χ0) is 12.3. The molecule has 0 fully saturated rings. The maximum Gasteiger partial charge on any atom is 0.397 e. The second kappa shape index (κ2) is 4.52. The summed E-state index contributed by atoms with van der Waals surface area (Å²) in [5.74, 6) is -3.19. The molecule has 1 atom stereocenters. The van der Waals surface area contributed by atoms with E-state index in [1.165, 1.54) is 0 Å². The summed E-state index contributed by atoms with van der Waals surface area (Å²) in [6.45, 7) is -1.06. The lowest BCUT2D eigenvalue weighted by Gasteiger charge is -2.18. The number of halogens is 3. The van der Waals surface area contributed by atoms with E-state index in [4.69, 9.17) is 10.2 Å². The number of aromatic carboxylic acids is 1. The topological polar surface area (TPSA) is 57.5 Å². The number of carboxylic acid groups (broad SMARTS) is 1. The third-order valence-corrected chi connectivity index (χ3v) is 2.14. The molecule has 1 rings (SSSR count). The van der Waals surface area contributed by atoms with E-state index in [0.29, 0.717) is 0 Å². The maximum atomic E-state index is 12.4. The number of alkyl halides is 3. The first-order valence-electron chi connectivity index (χ1n) is 4.37. The number of carboxylic acids is 1. The Hall–Kier alpha value is -1.56. The molecule has 0 radical (unpaired) electrons. The van der Waals surface area contributed by atoms with Crippen LogP contribution < -0.4 is 0 Å². The number of rotatable bonds is 3. The molecular weight excluding hydrogens is 225 g/mol. The molecule has 1 aromatic rings. The van der Waals surface area contributed by atoms with Gasteiger partial charge in [0.1, 0.15) is 5.92 Å². The minimum atomic E-state index is -4.54. The van der Waals surface area contributed by atoms with Crippen molar-refractivity contribution in [2.45, 2.75) is 12.1 Å². The van der Waals surface area contributed by atoms with E-state index in [-0.39, 0.29) is 11.1 Å². The summed E-state index contributed by atoms with van der Waals surface area (Å²) >= 11 is 0. The fraction of sp³-hybridized carbons (Fsp3) is 0.300. The highest BCUT2D eigenvalue weighted by Gasteiger charge is 2.40. The fourth-order valence-corrected chi connectivity index (χ4v) is 1.26. The molecule has 0 saturated carbocycles. The molecular formula is C10H9F3O3. The van der Waals surface area contributed by atoms with Crippen molar-refractivity contribution >= 4 is 5.97 Å². The largest absolute Gasteiger partial charge is 0.478 e. The molecule has 88 valence electrons. The first-order valence-corrected chi connectivity index (χ1v) is 4.37. The molecule has 3 nitrogen and oxygen atoms in total. The van der Waals surface area contributed by atoms with Gasteiger partial charge in [0.15, 0.2) is 0 Å². The Morgan fingerprint density at radius 3 is 2.06 bits per heavy atom. The van der Waals surface area contributed by atoms with Gasteiger partial charge in [-0.2, -0.15) is 13.2 Å². The summed E-state index contributed by atoms with van der Waals surface area (Å²) in [7, 11) is 0. The molecule has 0 aliphatic rings. The van der Waals surface area contributed by atoms with E-state index in [9.17, 15) is 18.0 Å². The molecule has 0 aliphatic heterocycles. The Morgan fingerprint density at radius 2 is 1.75 bits per heavy atom. The Labute approximate surface area is 89.1 Å². The molecule has 1 aromatic carbocycles. The minimum absolute atomic E-state index is 0.0948. The smallest absolute Gasteiger partial charge is 0.397 e. The van der Waals surface area contributed by atoms with Gasteiger partial charge in [0.05, 0.1) is 12.2 Å². The van der Waals surface area contributed by atoms with Crippen LogP contribution in [0.15, 0.2) is 24.3 Å². The number of hydrogen-bond donors (Lipinski definition) is 2. The summed E-state index contributed by atoms with van der Waals surface area (Å²) in [6, 6.07) is 4.26. The van der Waals surface area contributed by atoms with Crippen molar-refractivity contribution in [1.29, 1.82) is 0 Å². The maximum absolute atomic E-state index is 12.4. The van der Waals surface area contributed by atoms with E-state index < -0.39 is 24.7 Å². The lowest BCUT2D eigenvalue weighted by molar-refractivity contribution is -0.158. The second-order valence-electron chi connectivity index (χ2n) is 3.20. The molecule has 0 spiro atoms. The van der Waals surface area contributed by atoms with Crippen LogP contribution in [0.5, 0.6) is 0 Å². The van der Waals surface area contributed by atoms with Crippen molar-refractivity contribution in [1.82, 2.24) is 0 Å². The first kappa shape index (κ1) is 12.5. The predicted molar refractivity (Wildman–Crippen MR) is 49.3 cm³/mol. The molecule has 6 heteroatoms. The van der Waals surface area contributed by atoms with Crippen LogP contribution in [0, 0.1) is 0 Å². The van der Waals surface area contributed by atoms with Gasteiger partial charge in [-0.3, -0.25) is 0 Å². The van der Waals surface area contributed by atoms with Gasteiger partial charge >= 0.3 is 12.1 Å². The highest BCUT2D eigenvalue weighted by molar-refractivity contribution is 5.87. The van der Waals surface area contributed by atoms with E-state index in [1.807, 2.05) is 0 Å². The van der Waals surface area contributed by atoms with Crippen LogP contribution in [-0.2, 0) is 0 Å². The lowest BCUT2D eigenvalue weighted by Crippen LogP contribution is -2.24. The Balaban J connectivity index is 3.00.